The van der Waals surface area contributed by atoms with E-state index in [4.69, 9.17) is 5.73 Å². The molecule has 92 valence electrons. The molecule has 2 heteroatoms. The fraction of sp³-hybridized carbons (Fsp3) is 0.250. The molecular weight excluding hydrogens is 220 g/mol. The zero-order valence-electron chi connectivity index (χ0n) is 10.4. The van der Waals surface area contributed by atoms with Crippen LogP contribution in [0.2, 0.25) is 0 Å². The highest BCUT2D eigenvalue weighted by Gasteiger charge is 2.09. The van der Waals surface area contributed by atoms with Crippen LogP contribution in [-0.4, -0.2) is 6.54 Å². The summed E-state index contributed by atoms with van der Waals surface area (Å²) < 4.78 is 0. The Kier molecular flexibility index (Phi) is 3.13. The maximum Gasteiger partial charge on any atom is 0.0208 e. The van der Waals surface area contributed by atoms with Gasteiger partial charge in [0.15, 0.2) is 0 Å². The SMILES string of the molecule is NCc1ccc(-c2ccc3c(c2)CCNC3)cc1. The molecule has 0 atom stereocenters. The van der Waals surface area contributed by atoms with Gasteiger partial charge in [-0.25, -0.2) is 0 Å². The van der Waals surface area contributed by atoms with Crippen LogP contribution in [0.5, 0.6) is 0 Å². The van der Waals surface area contributed by atoms with Crippen LogP contribution in [0.1, 0.15) is 16.7 Å². The van der Waals surface area contributed by atoms with E-state index in [1.54, 1.807) is 0 Å². The zero-order chi connectivity index (χ0) is 12.4. The Hall–Kier alpha value is -1.64. The highest BCUT2D eigenvalue weighted by Crippen LogP contribution is 2.24. The standard InChI is InChI=1S/C16H18N2/c17-10-12-1-3-13(4-2-12)14-5-6-16-11-18-8-7-15(16)9-14/h1-6,9,18H,7-8,10-11,17H2. The third-order valence-corrected chi connectivity index (χ3v) is 3.62. The highest BCUT2D eigenvalue weighted by molar-refractivity contribution is 5.65. The second-order valence-corrected chi connectivity index (χ2v) is 4.81. The minimum absolute atomic E-state index is 0.607. The van der Waals surface area contributed by atoms with Gasteiger partial charge in [0.25, 0.3) is 0 Å². The van der Waals surface area contributed by atoms with E-state index in [-0.39, 0.29) is 0 Å². The molecule has 3 rings (SSSR count). The van der Waals surface area contributed by atoms with Gasteiger partial charge in [0.2, 0.25) is 0 Å². The monoisotopic (exact) mass is 238 g/mol. The largest absolute Gasteiger partial charge is 0.326 e. The van der Waals surface area contributed by atoms with Crippen molar-refractivity contribution in [3.63, 3.8) is 0 Å². The van der Waals surface area contributed by atoms with E-state index in [1.165, 1.54) is 27.8 Å². The van der Waals surface area contributed by atoms with E-state index in [0.29, 0.717) is 6.54 Å². The molecule has 0 saturated heterocycles. The average Bonchev–Trinajstić information content (AvgIpc) is 2.47. The van der Waals surface area contributed by atoms with Crippen LogP contribution >= 0.6 is 0 Å². The molecule has 0 aliphatic carbocycles. The fourth-order valence-corrected chi connectivity index (χ4v) is 2.49. The summed E-state index contributed by atoms with van der Waals surface area (Å²) in [7, 11) is 0. The fourth-order valence-electron chi connectivity index (χ4n) is 2.49. The first kappa shape index (κ1) is 11.5. The molecule has 0 amide bonds. The van der Waals surface area contributed by atoms with E-state index in [0.717, 1.165) is 19.5 Å². The van der Waals surface area contributed by atoms with Gasteiger partial charge in [-0.05, 0) is 40.8 Å². The van der Waals surface area contributed by atoms with Crippen molar-refractivity contribution in [2.75, 3.05) is 6.54 Å². The summed E-state index contributed by atoms with van der Waals surface area (Å²) in [6.45, 7) is 2.69. The summed E-state index contributed by atoms with van der Waals surface area (Å²) >= 11 is 0. The van der Waals surface area contributed by atoms with Gasteiger partial charge in [0.1, 0.15) is 0 Å². The Morgan fingerprint density at radius 3 is 2.50 bits per heavy atom. The molecule has 1 aliphatic heterocycles. The Morgan fingerprint density at radius 1 is 0.944 bits per heavy atom. The van der Waals surface area contributed by atoms with Crippen LogP contribution in [0.4, 0.5) is 0 Å². The maximum atomic E-state index is 5.62. The van der Waals surface area contributed by atoms with Gasteiger partial charge in [-0.3, -0.25) is 0 Å². The third-order valence-electron chi connectivity index (χ3n) is 3.62. The van der Waals surface area contributed by atoms with Crippen molar-refractivity contribution in [2.45, 2.75) is 19.5 Å². The van der Waals surface area contributed by atoms with Crippen molar-refractivity contribution < 1.29 is 0 Å². The van der Waals surface area contributed by atoms with Crippen LogP contribution < -0.4 is 11.1 Å². The van der Waals surface area contributed by atoms with Gasteiger partial charge in [-0.15, -0.1) is 0 Å². The van der Waals surface area contributed by atoms with Gasteiger partial charge in [-0.2, -0.15) is 0 Å². The van der Waals surface area contributed by atoms with Gasteiger partial charge in [0, 0.05) is 13.1 Å². The number of fused-ring (bicyclic) bond motifs is 1. The summed E-state index contributed by atoms with van der Waals surface area (Å²) in [5, 5.41) is 3.40. The van der Waals surface area contributed by atoms with E-state index in [1.807, 2.05) is 0 Å². The molecule has 1 heterocycles. The number of nitrogens with two attached hydrogens (primary N) is 1. The molecule has 0 bridgehead atoms. The Balaban J connectivity index is 1.95. The van der Waals surface area contributed by atoms with Gasteiger partial charge in [-0.1, -0.05) is 42.5 Å². The van der Waals surface area contributed by atoms with Gasteiger partial charge in [0.05, 0.1) is 0 Å². The number of hydrogen-bond acceptors (Lipinski definition) is 2. The first-order valence-corrected chi connectivity index (χ1v) is 6.49. The highest BCUT2D eigenvalue weighted by atomic mass is 14.9. The maximum absolute atomic E-state index is 5.62. The van der Waals surface area contributed by atoms with Crippen LogP contribution in [0.25, 0.3) is 11.1 Å². The van der Waals surface area contributed by atoms with Gasteiger partial charge < -0.3 is 11.1 Å². The lowest BCUT2D eigenvalue weighted by molar-refractivity contribution is 0.644. The van der Waals surface area contributed by atoms with E-state index in [2.05, 4.69) is 47.8 Å². The zero-order valence-corrected chi connectivity index (χ0v) is 10.4. The lowest BCUT2D eigenvalue weighted by Crippen LogP contribution is -2.23. The summed E-state index contributed by atoms with van der Waals surface area (Å²) in [5.74, 6) is 0. The van der Waals surface area contributed by atoms with E-state index in [9.17, 15) is 0 Å². The van der Waals surface area contributed by atoms with Crippen LogP contribution in [-0.2, 0) is 19.5 Å². The molecule has 0 aromatic heterocycles. The molecule has 0 saturated carbocycles. The molecular formula is C16H18N2. The van der Waals surface area contributed by atoms with E-state index < -0.39 is 0 Å². The van der Waals surface area contributed by atoms with Crippen molar-refractivity contribution in [1.82, 2.24) is 5.32 Å². The molecule has 1 aliphatic rings. The lowest BCUT2D eigenvalue weighted by atomic mass is 9.95. The predicted molar refractivity (Wildman–Crippen MR) is 75.2 cm³/mol. The quantitative estimate of drug-likeness (QED) is 0.843. The minimum Gasteiger partial charge on any atom is -0.326 e. The number of benzene rings is 2. The van der Waals surface area contributed by atoms with Crippen molar-refractivity contribution in [2.24, 2.45) is 5.73 Å². The van der Waals surface area contributed by atoms with Crippen LogP contribution in [0.15, 0.2) is 42.5 Å². The smallest absolute Gasteiger partial charge is 0.0208 e. The lowest BCUT2D eigenvalue weighted by Gasteiger charge is -2.18. The number of hydrogen-bond donors (Lipinski definition) is 2. The third kappa shape index (κ3) is 2.17. The van der Waals surface area contributed by atoms with Crippen molar-refractivity contribution in [3.05, 3.63) is 59.2 Å². The van der Waals surface area contributed by atoms with Crippen molar-refractivity contribution in [1.29, 1.82) is 0 Å². The summed E-state index contributed by atoms with van der Waals surface area (Å²) in [6, 6.07) is 15.3. The number of nitrogens with one attached hydrogen (secondary N) is 1. The second-order valence-electron chi connectivity index (χ2n) is 4.81. The molecule has 0 spiro atoms. The van der Waals surface area contributed by atoms with E-state index >= 15 is 0 Å². The van der Waals surface area contributed by atoms with Crippen molar-refractivity contribution >= 4 is 0 Å². The van der Waals surface area contributed by atoms with Crippen molar-refractivity contribution in [3.8, 4) is 11.1 Å². The minimum atomic E-state index is 0.607. The molecule has 2 aromatic carbocycles. The summed E-state index contributed by atoms with van der Waals surface area (Å²) in [4.78, 5) is 0. The molecule has 0 unspecified atom stereocenters. The van der Waals surface area contributed by atoms with Gasteiger partial charge >= 0.3 is 0 Å². The number of rotatable bonds is 2. The Bertz CT molecular complexity index is 544. The molecule has 2 nitrogen and oxygen atoms in total. The average molecular weight is 238 g/mol. The van der Waals surface area contributed by atoms with Crippen LogP contribution in [0.3, 0.4) is 0 Å². The molecule has 0 radical (unpaired) electrons. The Morgan fingerprint density at radius 2 is 1.72 bits per heavy atom. The normalized spacial score (nSPS) is 14.3. The first-order valence-electron chi connectivity index (χ1n) is 6.49. The second kappa shape index (κ2) is 4.92. The molecule has 3 N–H and O–H groups in total. The molecule has 18 heavy (non-hydrogen) atoms. The topological polar surface area (TPSA) is 38.0 Å². The predicted octanol–water partition coefficient (Wildman–Crippen LogP) is 2.46. The van der Waals surface area contributed by atoms with Crippen LogP contribution in [0, 0.1) is 0 Å². The summed E-state index contributed by atoms with van der Waals surface area (Å²) in [6.07, 6.45) is 1.13. The molecule has 0 fully saturated rings. The molecule has 2 aromatic rings. The summed E-state index contributed by atoms with van der Waals surface area (Å²) in [5.41, 5.74) is 12.3. The first-order chi connectivity index (χ1) is 8.86. The Labute approximate surface area is 108 Å².